The average Bonchev–Trinajstić information content (AvgIpc) is 2.48. The van der Waals surface area contributed by atoms with Gasteiger partial charge >= 0.3 is 0 Å². The molecule has 0 aliphatic carbocycles. The van der Waals surface area contributed by atoms with Gasteiger partial charge in [-0.15, -0.1) is 0 Å². The highest BCUT2D eigenvalue weighted by molar-refractivity contribution is 5.96. The lowest BCUT2D eigenvalue weighted by molar-refractivity contribution is 0.0975. The molecule has 0 bridgehead atoms. The molecule has 2 aromatic carbocycles. The van der Waals surface area contributed by atoms with E-state index in [9.17, 15) is 4.79 Å². The molecule has 0 heterocycles. The quantitative estimate of drug-likeness (QED) is 0.665. The summed E-state index contributed by atoms with van der Waals surface area (Å²) in [6.07, 6.45) is 0.482. The van der Waals surface area contributed by atoms with E-state index in [4.69, 9.17) is 10.5 Å². The van der Waals surface area contributed by atoms with Crippen LogP contribution in [-0.4, -0.2) is 12.9 Å². The number of anilines is 1. The molecule has 0 fully saturated rings. The zero-order valence-electron chi connectivity index (χ0n) is 11.8. The predicted octanol–water partition coefficient (Wildman–Crippen LogP) is 3.65. The first-order chi connectivity index (χ1) is 9.60. The molecule has 1 atom stereocenters. The van der Waals surface area contributed by atoms with Crippen molar-refractivity contribution < 1.29 is 9.53 Å². The lowest BCUT2D eigenvalue weighted by Gasteiger charge is -2.11. The average molecular weight is 269 g/mol. The summed E-state index contributed by atoms with van der Waals surface area (Å²) in [6, 6.07) is 14.9. The molecule has 0 amide bonds. The zero-order chi connectivity index (χ0) is 14.5. The van der Waals surface area contributed by atoms with Gasteiger partial charge in [-0.25, -0.2) is 0 Å². The van der Waals surface area contributed by atoms with E-state index >= 15 is 0 Å². The van der Waals surface area contributed by atoms with Gasteiger partial charge < -0.3 is 10.5 Å². The predicted molar refractivity (Wildman–Crippen MR) is 81.2 cm³/mol. The molecule has 0 saturated heterocycles. The van der Waals surface area contributed by atoms with E-state index in [2.05, 4.69) is 0 Å². The van der Waals surface area contributed by atoms with E-state index in [1.54, 1.807) is 31.4 Å². The van der Waals surface area contributed by atoms with Crippen LogP contribution >= 0.6 is 0 Å². The first-order valence-corrected chi connectivity index (χ1v) is 6.63. The largest absolute Gasteiger partial charge is 0.497 e. The van der Waals surface area contributed by atoms with Crippen molar-refractivity contribution in [2.75, 3.05) is 12.8 Å². The minimum absolute atomic E-state index is 0.136. The van der Waals surface area contributed by atoms with Crippen LogP contribution in [0.1, 0.15) is 35.2 Å². The summed E-state index contributed by atoms with van der Waals surface area (Å²) in [6.45, 7) is 2.05. The number of methoxy groups -OCH3 is 1. The fourth-order valence-electron chi connectivity index (χ4n) is 2.12. The van der Waals surface area contributed by atoms with Crippen LogP contribution in [0.5, 0.6) is 5.75 Å². The van der Waals surface area contributed by atoms with Crippen molar-refractivity contribution in [2.45, 2.75) is 19.3 Å². The smallest absolute Gasteiger partial charge is 0.163 e. The number of Topliss-reactive ketones (excluding diaryl/α,β-unsaturated/α-hetero) is 1. The fraction of sp³-hybridized carbons (Fsp3) is 0.235. The fourth-order valence-corrected chi connectivity index (χ4v) is 2.12. The molecule has 0 aliphatic rings. The van der Waals surface area contributed by atoms with Crippen molar-refractivity contribution >= 4 is 11.5 Å². The third kappa shape index (κ3) is 3.38. The number of nitrogen functional groups attached to an aromatic ring is 1. The highest BCUT2D eigenvalue weighted by Crippen LogP contribution is 2.23. The van der Waals surface area contributed by atoms with Gasteiger partial charge in [0.2, 0.25) is 0 Å². The second kappa shape index (κ2) is 6.24. The standard InChI is InChI=1S/C17H19NO2/c1-12(13-3-7-15(18)8-4-13)11-17(19)14-5-9-16(20-2)10-6-14/h3-10,12H,11,18H2,1-2H3. The molecule has 0 aromatic heterocycles. The first-order valence-electron chi connectivity index (χ1n) is 6.63. The number of ether oxygens (including phenoxy) is 1. The molecule has 0 aliphatic heterocycles. The van der Waals surface area contributed by atoms with Crippen molar-refractivity contribution in [3.63, 3.8) is 0 Å². The minimum atomic E-state index is 0.136. The molecule has 2 N–H and O–H groups in total. The van der Waals surface area contributed by atoms with Gasteiger partial charge in [0, 0.05) is 17.7 Å². The van der Waals surface area contributed by atoms with E-state index in [0.29, 0.717) is 12.0 Å². The van der Waals surface area contributed by atoms with E-state index in [0.717, 1.165) is 17.0 Å². The topological polar surface area (TPSA) is 52.3 Å². The second-order valence-electron chi connectivity index (χ2n) is 4.92. The first kappa shape index (κ1) is 14.1. The van der Waals surface area contributed by atoms with Crippen LogP contribution in [0.15, 0.2) is 48.5 Å². The highest BCUT2D eigenvalue weighted by atomic mass is 16.5. The van der Waals surface area contributed by atoms with Crippen LogP contribution in [0.4, 0.5) is 5.69 Å². The SMILES string of the molecule is COc1ccc(C(=O)CC(C)c2ccc(N)cc2)cc1. The van der Waals surface area contributed by atoms with E-state index in [1.807, 2.05) is 31.2 Å². The number of carbonyl (C=O) groups excluding carboxylic acids is 1. The van der Waals surface area contributed by atoms with E-state index in [1.165, 1.54) is 0 Å². The van der Waals surface area contributed by atoms with Gasteiger partial charge in [0.25, 0.3) is 0 Å². The number of nitrogens with two attached hydrogens (primary N) is 1. The van der Waals surface area contributed by atoms with Crippen LogP contribution in [0.25, 0.3) is 0 Å². The minimum Gasteiger partial charge on any atom is -0.497 e. The summed E-state index contributed by atoms with van der Waals surface area (Å²) in [7, 11) is 1.61. The van der Waals surface area contributed by atoms with Gasteiger partial charge in [0.1, 0.15) is 5.75 Å². The third-order valence-corrected chi connectivity index (χ3v) is 3.41. The van der Waals surface area contributed by atoms with Gasteiger partial charge in [-0.3, -0.25) is 4.79 Å². The van der Waals surface area contributed by atoms with Crippen LogP contribution in [-0.2, 0) is 0 Å². The molecular formula is C17H19NO2. The Morgan fingerprint density at radius 2 is 1.70 bits per heavy atom. The van der Waals surface area contributed by atoms with Crippen molar-refractivity contribution in [1.29, 1.82) is 0 Å². The van der Waals surface area contributed by atoms with Crippen molar-refractivity contribution in [2.24, 2.45) is 0 Å². The second-order valence-corrected chi connectivity index (χ2v) is 4.92. The van der Waals surface area contributed by atoms with E-state index in [-0.39, 0.29) is 11.7 Å². The highest BCUT2D eigenvalue weighted by Gasteiger charge is 2.13. The molecule has 3 nitrogen and oxygen atoms in total. The summed E-state index contributed by atoms with van der Waals surface area (Å²) >= 11 is 0. The van der Waals surface area contributed by atoms with Gasteiger partial charge in [-0.1, -0.05) is 19.1 Å². The molecule has 0 radical (unpaired) electrons. The molecule has 104 valence electrons. The summed E-state index contributed by atoms with van der Waals surface area (Å²) in [4.78, 5) is 12.2. The number of hydrogen-bond acceptors (Lipinski definition) is 3. The lowest BCUT2D eigenvalue weighted by atomic mass is 9.93. The Balaban J connectivity index is 2.04. The molecule has 2 rings (SSSR count). The van der Waals surface area contributed by atoms with Crippen molar-refractivity contribution in [3.05, 3.63) is 59.7 Å². The van der Waals surface area contributed by atoms with Crippen molar-refractivity contribution in [3.8, 4) is 5.75 Å². The number of rotatable bonds is 5. The third-order valence-electron chi connectivity index (χ3n) is 3.41. The summed E-state index contributed by atoms with van der Waals surface area (Å²) in [5.41, 5.74) is 8.25. The van der Waals surface area contributed by atoms with E-state index < -0.39 is 0 Å². The van der Waals surface area contributed by atoms with Crippen LogP contribution in [0.3, 0.4) is 0 Å². The Labute approximate surface area is 119 Å². The molecule has 3 heteroatoms. The van der Waals surface area contributed by atoms with Gasteiger partial charge in [-0.05, 0) is 47.9 Å². The Kier molecular flexibility index (Phi) is 4.41. The van der Waals surface area contributed by atoms with Crippen molar-refractivity contribution in [1.82, 2.24) is 0 Å². The Morgan fingerprint density at radius 1 is 1.10 bits per heavy atom. The number of ketones is 1. The summed E-state index contributed by atoms with van der Waals surface area (Å²) in [5.74, 6) is 1.07. The molecule has 20 heavy (non-hydrogen) atoms. The monoisotopic (exact) mass is 269 g/mol. The molecule has 0 spiro atoms. The summed E-state index contributed by atoms with van der Waals surface area (Å²) < 4.78 is 5.09. The molecule has 2 aromatic rings. The zero-order valence-corrected chi connectivity index (χ0v) is 11.8. The van der Waals surface area contributed by atoms with Gasteiger partial charge in [-0.2, -0.15) is 0 Å². The Bertz CT molecular complexity index is 573. The molecular weight excluding hydrogens is 250 g/mol. The molecule has 0 saturated carbocycles. The number of benzene rings is 2. The van der Waals surface area contributed by atoms with Crippen LogP contribution in [0.2, 0.25) is 0 Å². The Hall–Kier alpha value is -2.29. The maximum Gasteiger partial charge on any atom is 0.163 e. The lowest BCUT2D eigenvalue weighted by Crippen LogP contribution is -2.05. The number of hydrogen-bond donors (Lipinski definition) is 1. The molecule has 1 unspecified atom stereocenters. The maximum absolute atomic E-state index is 12.2. The Morgan fingerprint density at radius 3 is 2.25 bits per heavy atom. The van der Waals surface area contributed by atoms with Gasteiger partial charge in [0.05, 0.1) is 7.11 Å². The van der Waals surface area contributed by atoms with Gasteiger partial charge in [0.15, 0.2) is 5.78 Å². The van der Waals surface area contributed by atoms with Crippen LogP contribution < -0.4 is 10.5 Å². The number of carbonyl (C=O) groups is 1. The summed E-state index contributed by atoms with van der Waals surface area (Å²) in [5, 5.41) is 0. The normalized spacial score (nSPS) is 11.9. The van der Waals surface area contributed by atoms with Crippen LogP contribution in [0, 0.1) is 0 Å². The maximum atomic E-state index is 12.2.